The SMILES string of the molecule is COC(=O)c1cc(NC2CCN(Cc3ccc(F)cc3)C2=O)cc(C)c1[N+](=O)[O-]. The molecule has 1 heterocycles. The second-order valence-electron chi connectivity index (χ2n) is 6.81. The van der Waals surface area contributed by atoms with Crippen molar-refractivity contribution in [2.75, 3.05) is 19.0 Å². The molecular formula is C20H20FN3O5. The highest BCUT2D eigenvalue weighted by molar-refractivity contribution is 5.96. The number of amides is 1. The Labute approximate surface area is 166 Å². The monoisotopic (exact) mass is 401 g/mol. The highest BCUT2D eigenvalue weighted by atomic mass is 19.1. The molecule has 8 nitrogen and oxygen atoms in total. The number of ether oxygens (including phenoxy) is 1. The number of hydrogen-bond donors (Lipinski definition) is 1. The third-order valence-electron chi connectivity index (χ3n) is 4.81. The van der Waals surface area contributed by atoms with Gasteiger partial charge >= 0.3 is 5.97 Å². The largest absolute Gasteiger partial charge is 0.465 e. The van der Waals surface area contributed by atoms with Gasteiger partial charge in [-0.05, 0) is 43.2 Å². The van der Waals surface area contributed by atoms with Crippen molar-refractivity contribution < 1.29 is 23.6 Å². The molecule has 0 saturated carbocycles. The van der Waals surface area contributed by atoms with Crippen molar-refractivity contribution in [1.29, 1.82) is 0 Å². The number of nitro benzene ring substituents is 1. The molecule has 2 aromatic rings. The number of halogens is 1. The van der Waals surface area contributed by atoms with Crippen LogP contribution >= 0.6 is 0 Å². The van der Waals surface area contributed by atoms with E-state index in [9.17, 15) is 24.1 Å². The van der Waals surface area contributed by atoms with E-state index in [1.54, 1.807) is 17.0 Å². The van der Waals surface area contributed by atoms with Crippen molar-refractivity contribution in [2.45, 2.75) is 25.9 Å². The number of methoxy groups -OCH3 is 1. The van der Waals surface area contributed by atoms with E-state index in [1.165, 1.54) is 31.2 Å². The van der Waals surface area contributed by atoms with E-state index in [4.69, 9.17) is 0 Å². The summed E-state index contributed by atoms with van der Waals surface area (Å²) in [6, 6.07) is 8.28. The van der Waals surface area contributed by atoms with Gasteiger partial charge < -0.3 is 15.0 Å². The van der Waals surface area contributed by atoms with Crippen molar-refractivity contribution >= 4 is 23.3 Å². The van der Waals surface area contributed by atoms with Gasteiger partial charge in [0.25, 0.3) is 5.69 Å². The maximum absolute atomic E-state index is 13.0. The molecule has 1 fully saturated rings. The Bertz CT molecular complexity index is 961. The van der Waals surface area contributed by atoms with Gasteiger partial charge in [-0.15, -0.1) is 0 Å². The molecule has 1 saturated heterocycles. The lowest BCUT2D eigenvalue weighted by atomic mass is 10.1. The Balaban J connectivity index is 1.77. The van der Waals surface area contributed by atoms with Crippen LogP contribution in [0.4, 0.5) is 15.8 Å². The summed E-state index contributed by atoms with van der Waals surface area (Å²) in [5.74, 6) is -1.29. The minimum Gasteiger partial charge on any atom is -0.465 e. The first-order valence-corrected chi connectivity index (χ1v) is 8.97. The van der Waals surface area contributed by atoms with Crippen LogP contribution in [0.3, 0.4) is 0 Å². The number of carbonyl (C=O) groups is 2. The molecule has 0 spiro atoms. The number of anilines is 1. The Morgan fingerprint density at radius 3 is 2.66 bits per heavy atom. The second kappa shape index (κ2) is 8.26. The number of rotatable bonds is 6. The Morgan fingerprint density at radius 2 is 2.03 bits per heavy atom. The van der Waals surface area contributed by atoms with Crippen molar-refractivity contribution in [3.8, 4) is 0 Å². The zero-order valence-corrected chi connectivity index (χ0v) is 16.0. The van der Waals surface area contributed by atoms with Crippen LogP contribution < -0.4 is 5.32 Å². The van der Waals surface area contributed by atoms with Gasteiger partial charge in [0, 0.05) is 24.3 Å². The number of esters is 1. The van der Waals surface area contributed by atoms with Gasteiger partial charge in [-0.25, -0.2) is 9.18 Å². The van der Waals surface area contributed by atoms with E-state index in [1.807, 2.05) is 0 Å². The fourth-order valence-electron chi connectivity index (χ4n) is 3.41. The molecule has 29 heavy (non-hydrogen) atoms. The van der Waals surface area contributed by atoms with Crippen LogP contribution in [0, 0.1) is 22.9 Å². The van der Waals surface area contributed by atoms with Gasteiger partial charge in [0.05, 0.1) is 12.0 Å². The summed E-state index contributed by atoms with van der Waals surface area (Å²) < 4.78 is 17.7. The topological polar surface area (TPSA) is 102 Å². The summed E-state index contributed by atoms with van der Waals surface area (Å²) in [4.78, 5) is 37.0. The molecule has 0 bridgehead atoms. The van der Waals surface area contributed by atoms with Crippen LogP contribution in [0.2, 0.25) is 0 Å². The summed E-state index contributed by atoms with van der Waals surface area (Å²) in [7, 11) is 1.15. The number of carbonyl (C=O) groups excluding carboxylic acids is 2. The lowest BCUT2D eigenvalue weighted by Crippen LogP contribution is -2.33. The molecule has 0 radical (unpaired) electrons. The second-order valence-corrected chi connectivity index (χ2v) is 6.81. The van der Waals surface area contributed by atoms with E-state index in [2.05, 4.69) is 10.1 Å². The average Bonchev–Trinajstić information content (AvgIpc) is 3.01. The van der Waals surface area contributed by atoms with Crippen molar-refractivity contribution in [3.63, 3.8) is 0 Å². The molecule has 0 aliphatic carbocycles. The predicted molar refractivity (Wildman–Crippen MR) is 103 cm³/mol. The molecular weight excluding hydrogens is 381 g/mol. The fourth-order valence-corrected chi connectivity index (χ4v) is 3.41. The number of nitro groups is 1. The van der Waals surface area contributed by atoms with Gasteiger partial charge in [-0.1, -0.05) is 12.1 Å². The third kappa shape index (κ3) is 4.34. The van der Waals surface area contributed by atoms with Crippen LogP contribution in [-0.4, -0.2) is 41.4 Å². The molecule has 1 amide bonds. The summed E-state index contributed by atoms with van der Waals surface area (Å²) in [6.07, 6.45) is 0.531. The molecule has 1 unspecified atom stereocenters. The van der Waals surface area contributed by atoms with E-state index in [0.717, 1.165) is 12.7 Å². The smallest absolute Gasteiger partial charge is 0.344 e. The van der Waals surface area contributed by atoms with Crippen molar-refractivity contribution in [2.24, 2.45) is 0 Å². The van der Waals surface area contributed by atoms with Gasteiger partial charge in [-0.3, -0.25) is 14.9 Å². The molecule has 1 atom stereocenters. The van der Waals surface area contributed by atoms with E-state index < -0.39 is 16.9 Å². The first-order chi connectivity index (χ1) is 13.8. The summed E-state index contributed by atoms with van der Waals surface area (Å²) >= 11 is 0. The first-order valence-electron chi connectivity index (χ1n) is 8.97. The van der Waals surface area contributed by atoms with Gasteiger partial charge in [0.15, 0.2) is 0 Å². The number of likely N-dealkylation sites (tertiary alicyclic amines) is 1. The number of aryl methyl sites for hydroxylation is 1. The van der Waals surface area contributed by atoms with E-state index in [-0.39, 0.29) is 28.5 Å². The zero-order chi connectivity index (χ0) is 21.1. The minimum absolute atomic E-state index is 0.134. The quantitative estimate of drug-likeness (QED) is 0.454. The van der Waals surface area contributed by atoms with Crippen LogP contribution in [0.25, 0.3) is 0 Å². The molecule has 1 N–H and O–H groups in total. The summed E-state index contributed by atoms with van der Waals surface area (Å²) in [5, 5.41) is 14.4. The molecule has 0 aromatic heterocycles. The standard InChI is InChI=1S/C20H20FN3O5/c1-12-9-15(10-16(20(26)29-2)18(12)24(27)28)22-17-7-8-23(19(17)25)11-13-3-5-14(21)6-4-13/h3-6,9-10,17,22H,7-8,11H2,1-2H3. The maximum Gasteiger partial charge on any atom is 0.344 e. The van der Waals surface area contributed by atoms with Crippen LogP contribution in [0.15, 0.2) is 36.4 Å². The Kier molecular flexibility index (Phi) is 5.76. The summed E-state index contributed by atoms with van der Waals surface area (Å²) in [6.45, 7) is 2.40. The van der Waals surface area contributed by atoms with Gasteiger partial charge in [0.1, 0.15) is 17.4 Å². The number of nitrogens with one attached hydrogen (secondary N) is 1. The summed E-state index contributed by atoms with van der Waals surface area (Å²) in [5.41, 5.74) is 1.04. The van der Waals surface area contributed by atoms with Crippen molar-refractivity contribution in [1.82, 2.24) is 4.90 Å². The molecule has 2 aromatic carbocycles. The van der Waals surface area contributed by atoms with E-state index >= 15 is 0 Å². The number of benzene rings is 2. The lowest BCUT2D eigenvalue weighted by molar-refractivity contribution is -0.385. The molecule has 9 heteroatoms. The fraction of sp³-hybridized carbons (Fsp3) is 0.300. The number of hydrogen-bond acceptors (Lipinski definition) is 6. The Morgan fingerprint density at radius 1 is 1.34 bits per heavy atom. The molecule has 3 rings (SSSR count). The lowest BCUT2D eigenvalue weighted by Gasteiger charge is -2.18. The third-order valence-corrected chi connectivity index (χ3v) is 4.81. The van der Waals surface area contributed by atoms with Gasteiger partial charge in [-0.2, -0.15) is 0 Å². The van der Waals surface area contributed by atoms with Crippen LogP contribution in [0.1, 0.15) is 27.9 Å². The molecule has 1 aliphatic heterocycles. The predicted octanol–water partition coefficient (Wildman–Crippen LogP) is 3.04. The molecule has 152 valence electrons. The first kappa shape index (κ1) is 20.2. The van der Waals surface area contributed by atoms with Crippen molar-refractivity contribution in [3.05, 3.63) is 69.0 Å². The molecule has 1 aliphatic rings. The Hall–Kier alpha value is -3.49. The highest BCUT2D eigenvalue weighted by Crippen LogP contribution is 2.29. The normalized spacial score (nSPS) is 16.0. The minimum atomic E-state index is -0.820. The average molecular weight is 401 g/mol. The maximum atomic E-state index is 13.0. The van der Waals surface area contributed by atoms with Crippen LogP contribution in [0.5, 0.6) is 0 Å². The van der Waals surface area contributed by atoms with Crippen LogP contribution in [-0.2, 0) is 16.1 Å². The zero-order valence-electron chi connectivity index (χ0n) is 16.0. The van der Waals surface area contributed by atoms with E-state index in [0.29, 0.717) is 25.2 Å². The number of nitrogens with zero attached hydrogens (tertiary/aromatic N) is 2. The highest BCUT2D eigenvalue weighted by Gasteiger charge is 2.32. The van der Waals surface area contributed by atoms with Gasteiger partial charge in [0.2, 0.25) is 5.91 Å².